The van der Waals surface area contributed by atoms with Crippen LogP contribution in [0.15, 0.2) is 40.8 Å². The molecule has 0 fully saturated rings. The average Bonchev–Trinajstić information content (AvgIpc) is 3.10. The van der Waals surface area contributed by atoms with Crippen LogP contribution in [0.2, 0.25) is 0 Å². The van der Waals surface area contributed by atoms with E-state index in [1.165, 1.54) is 26.2 Å². The molecule has 0 saturated carbocycles. The summed E-state index contributed by atoms with van der Waals surface area (Å²) < 4.78 is 21.5. The summed E-state index contributed by atoms with van der Waals surface area (Å²) in [5.41, 5.74) is 0.892. The fourth-order valence-electron chi connectivity index (χ4n) is 3.06. The van der Waals surface area contributed by atoms with Crippen LogP contribution < -0.4 is 14.8 Å². The van der Waals surface area contributed by atoms with Crippen molar-refractivity contribution in [2.24, 2.45) is 0 Å². The van der Waals surface area contributed by atoms with Crippen molar-refractivity contribution in [3.63, 3.8) is 0 Å². The highest BCUT2D eigenvalue weighted by Gasteiger charge is 2.25. The molecule has 3 aromatic rings. The summed E-state index contributed by atoms with van der Waals surface area (Å²) in [7, 11) is 1.36. The maximum atomic E-state index is 12.6. The van der Waals surface area contributed by atoms with Gasteiger partial charge in [0.2, 0.25) is 5.76 Å². The number of nitro groups is 1. The van der Waals surface area contributed by atoms with E-state index < -0.39 is 22.9 Å². The largest absolute Gasteiger partial charge is 0.495 e. The third-order valence-corrected chi connectivity index (χ3v) is 4.71. The van der Waals surface area contributed by atoms with Crippen LogP contribution in [0.3, 0.4) is 0 Å². The Hall–Kier alpha value is -4.08. The van der Waals surface area contributed by atoms with Crippen molar-refractivity contribution < 1.29 is 33.1 Å². The molecule has 10 nitrogen and oxygen atoms in total. The first-order chi connectivity index (χ1) is 15.2. The van der Waals surface area contributed by atoms with E-state index in [1.54, 1.807) is 25.1 Å². The van der Waals surface area contributed by atoms with Gasteiger partial charge in [-0.05, 0) is 45.0 Å². The Bertz CT molecular complexity index is 1180. The van der Waals surface area contributed by atoms with E-state index in [9.17, 15) is 19.7 Å². The van der Waals surface area contributed by atoms with Crippen LogP contribution in [0.25, 0.3) is 11.0 Å². The molecule has 0 radical (unpaired) electrons. The fraction of sp³-hybridized carbons (Fsp3) is 0.273. The highest BCUT2D eigenvalue weighted by molar-refractivity contribution is 6.00. The number of benzene rings is 2. The summed E-state index contributed by atoms with van der Waals surface area (Å²) in [6, 6.07) is 8.95. The van der Waals surface area contributed by atoms with Gasteiger partial charge in [-0.3, -0.25) is 14.9 Å². The maximum absolute atomic E-state index is 12.6. The Balaban J connectivity index is 1.76. The van der Waals surface area contributed by atoms with Gasteiger partial charge in [0.1, 0.15) is 17.1 Å². The van der Waals surface area contributed by atoms with Gasteiger partial charge in [-0.2, -0.15) is 0 Å². The van der Waals surface area contributed by atoms with E-state index in [-0.39, 0.29) is 22.9 Å². The second-order valence-electron chi connectivity index (χ2n) is 6.83. The van der Waals surface area contributed by atoms with Gasteiger partial charge in [0.25, 0.3) is 11.6 Å². The van der Waals surface area contributed by atoms with E-state index in [1.807, 2.05) is 6.92 Å². The predicted molar refractivity (Wildman–Crippen MR) is 115 cm³/mol. The number of nitro benzene ring substituents is 1. The molecule has 2 aromatic carbocycles. The van der Waals surface area contributed by atoms with E-state index >= 15 is 0 Å². The molecular formula is C22H22N2O8. The number of hydrogen-bond donors (Lipinski definition) is 1. The van der Waals surface area contributed by atoms with Crippen LogP contribution in [0.4, 0.5) is 11.4 Å². The third-order valence-electron chi connectivity index (χ3n) is 4.71. The Morgan fingerprint density at radius 3 is 2.62 bits per heavy atom. The standard InChI is InChI=1S/C22H22N2O8/c1-5-30-15-7-9-18-16(11-15)12(2)20(32-18)22(26)31-13(3)21(25)23-17-10-14(24(27)28)6-8-19(17)29-4/h6-11,13H,5H2,1-4H3,(H,23,25). The lowest BCUT2D eigenvalue weighted by Crippen LogP contribution is -2.30. The molecule has 0 aliphatic heterocycles. The number of anilines is 1. The summed E-state index contributed by atoms with van der Waals surface area (Å²) >= 11 is 0. The summed E-state index contributed by atoms with van der Waals surface area (Å²) in [5.74, 6) is -0.667. The van der Waals surface area contributed by atoms with Gasteiger partial charge < -0.3 is 23.9 Å². The number of non-ortho nitro benzene ring substituents is 1. The highest BCUT2D eigenvalue weighted by Crippen LogP contribution is 2.31. The lowest BCUT2D eigenvalue weighted by Gasteiger charge is -2.14. The lowest BCUT2D eigenvalue weighted by molar-refractivity contribution is -0.384. The number of amides is 1. The van der Waals surface area contributed by atoms with Gasteiger partial charge in [-0.25, -0.2) is 4.79 Å². The monoisotopic (exact) mass is 442 g/mol. The van der Waals surface area contributed by atoms with Crippen LogP contribution in [0, 0.1) is 17.0 Å². The quantitative estimate of drug-likeness (QED) is 0.311. The Morgan fingerprint density at radius 2 is 1.97 bits per heavy atom. The molecule has 0 aliphatic carbocycles. The number of esters is 1. The minimum atomic E-state index is -1.21. The number of nitrogens with zero attached hydrogens (tertiary/aromatic N) is 1. The molecule has 3 rings (SSSR count). The van der Waals surface area contributed by atoms with Crippen molar-refractivity contribution in [1.82, 2.24) is 0 Å². The number of hydrogen-bond acceptors (Lipinski definition) is 8. The molecule has 168 valence electrons. The van der Waals surface area contributed by atoms with Crippen molar-refractivity contribution >= 4 is 34.2 Å². The highest BCUT2D eigenvalue weighted by atomic mass is 16.6. The summed E-state index contributed by atoms with van der Waals surface area (Å²) in [6.45, 7) is 5.45. The number of aryl methyl sites for hydroxylation is 1. The summed E-state index contributed by atoms with van der Waals surface area (Å²) in [6.07, 6.45) is -1.21. The second-order valence-corrected chi connectivity index (χ2v) is 6.83. The minimum absolute atomic E-state index is 0.0266. The number of rotatable bonds is 8. The Kier molecular flexibility index (Phi) is 6.62. The van der Waals surface area contributed by atoms with E-state index in [4.69, 9.17) is 18.6 Å². The number of methoxy groups -OCH3 is 1. The molecule has 1 unspecified atom stereocenters. The van der Waals surface area contributed by atoms with Crippen LogP contribution >= 0.6 is 0 Å². The Labute approximate surface area is 183 Å². The zero-order valence-electron chi connectivity index (χ0n) is 18.0. The molecular weight excluding hydrogens is 420 g/mol. The SMILES string of the molecule is CCOc1ccc2oc(C(=O)OC(C)C(=O)Nc3cc([N+](=O)[O-])ccc3OC)c(C)c2c1. The number of carbonyl (C=O) groups is 2. The van der Waals surface area contributed by atoms with E-state index in [0.717, 1.165) is 6.07 Å². The van der Waals surface area contributed by atoms with Crippen molar-refractivity contribution in [3.05, 3.63) is 57.8 Å². The van der Waals surface area contributed by atoms with Crippen LogP contribution in [-0.4, -0.2) is 36.6 Å². The first-order valence-electron chi connectivity index (χ1n) is 9.75. The number of carbonyl (C=O) groups excluding carboxylic acids is 2. The lowest BCUT2D eigenvalue weighted by atomic mass is 10.1. The minimum Gasteiger partial charge on any atom is -0.495 e. The number of fused-ring (bicyclic) bond motifs is 1. The third kappa shape index (κ3) is 4.64. The van der Waals surface area contributed by atoms with Crippen LogP contribution in [0.1, 0.15) is 30.0 Å². The van der Waals surface area contributed by atoms with Crippen molar-refractivity contribution in [2.45, 2.75) is 26.9 Å². The molecule has 0 bridgehead atoms. The smallest absolute Gasteiger partial charge is 0.375 e. The van der Waals surface area contributed by atoms with Crippen molar-refractivity contribution in [3.8, 4) is 11.5 Å². The molecule has 1 atom stereocenters. The number of furan rings is 1. The molecule has 1 aromatic heterocycles. The average molecular weight is 442 g/mol. The Morgan fingerprint density at radius 1 is 1.22 bits per heavy atom. The first-order valence-corrected chi connectivity index (χ1v) is 9.75. The fourth-order valence-corrected chi connectivity index (χ4v) is 3.06. The normalized spacial score (nSPS) is 11.6. The van der Waals surface area contributed by atoms with Crippen molar-refractivity contribution in [1.29, 1.82) is 0 Å². The first kappa shape index (κ1) is 22.6. The zero-order valence-corrected chi connectivity index (χ0v) is 18.0. The van der Waals surface area contributed by atoms with Crippen molar-refractivity contribution in [2.75, 3.05) is 19.0 Å². The second kappa shape index (κ2) is 9.38. The zero-order chi connectivity index (χ0) is 23.4. The molecule has 0 spiro atoms. The van der Waals surface area contributed by atoms with Gasteiger partial charge in [0, 0.05) is 23.1 Å². The predicted octanol–water partition coefficient (Wildman–Crippen LogP) is 4.24. The van der Waals surface area contributed by atoms with Gasteiger partial charge >= 0.3 is 5.97 Å². The van der Waals surface area contributed by atoms with E-state index in [0.29, 0.717) is 28.9 Å². The number of nitrogens with one attached hydrogen (secondary N) is 1. The maximum Gasteiger partial charge on any atom is 0.375 e. The van der Waals surface area contributed by atoms with Gasteiger partial charge in [-0.1, -0.05) is 0 Å². The van der Waals surface area contributed by atoms with Gasteiger partial charge in [0.15, 0.2) is 6.10 Å². The molecule has 0 saturated heterocycles. The van der Waals surface area contributed by atoms with Gasteiger partial charge in [-0.15, -0.1) is 0 Å². The molecule has 1 N–H and O–H groups in total. The molecule has 0 aliphatic rings. The molecule has 1 amide bonds. The van der Waals surface area contributed by atoms with E-state index in [2.05, 4.69) is 5.32 Å². The number of ether oxygens (including phenoxy) is 3. The molecule has 32 heavy (non-hydrogen) atoms. The van der Waals surface area contributed by atoms with Gasteiger partial charge in [0.05, 0.1) is 24.3 Å². The molecule has 10 heteroatoms. The molecule has 1 heterocycles. The van der Waals surface area contributed by atoms with Crippen LogP contribution in [0.5, 0.6) is 11.5 Å². The van der Waals surface area contributed by atoms with Crippen LogP contribution in [-0.2, 0) is 9.53 Å². The summed E-state index contributed by atoms with van der Waals surface area (Å²) in [4.78, 5) is 35.6. The topological polar surface area (TPSA) is 130 Å². The summed E-state index contributed by atoms with van der Waals surface area (Å²) in [5, 5.41) is 14.2.